The number of carbonyl (C=O) groups is 1. The van der Waals surface area contributed by atoms with Gasteiger partial charge in [0, 0.05) is 17.6 Å². The number of pyridine rings is 1. The molecule has 0 atom stereocenters. The number of hydrogen-bond donors (Lipinski definition) is 1. The number of aromatic nitrogens is 2. The number of nitrogens with zero attached hydrogens (tertiary/aromatic N) is 2. The Morgan fingerprint density at radius 1 is 1.43 bits per heavy atom. The summed E-state index contributed by atoms with van der Waals surface area (Å²) < 4.78 is 2.04. The number of thiazole rings is 1. The van der Waals surface area contributed by atoms with Crippen LogP contribution in [0.25, 0.3) is 16.9 Å². The zero-order valence-electron chi connectivity index (χ0n) is 11.7. The minimum atomic E-state index is 0.0133. The third-order valence-corrected chi connectivity index (χ3v) is 4.49. The SMILES string of the molecule is Cc1nc(-c2cc(C(=O)NC3CC3)c3ccccn23)cs1. The highest BCUT2D eigenvalue weighted by Gasteiger charge is 2.25. The highest BCUT2D eigenvalue weighted by atomic mass is 32.1. The van der Waals surface area contributed by atoms with E-state index in [2.05, 4.69) is 10.3 Å². The van der Waals surface area contributed by atoms with E-state index in [4.69, 9.17) is 0 Å². The number of aryl methyl sites for hydroxylation is 1. The van der Waals surface area contributed by atoms with Gasteiger partial charge >= 0.3 is 0 Å². The molecule has 5 heteroatoms. The Kier molecular flexibility index (Phi) is 2.82. The van der Waals surface area contributed by atoms with E-state index >= 15 is 0 Å². The van der Waals surface area contributed by atoms with E-state index in [-0.39, 0.29) is 5.91 Å². The minimum Gasteiger partial charge on any atom is -0.349 e. The first-order valence-electron chi connectivity index (χ1n) is 7.06. The quantitative estimate of drug-likeness (QED) is 0.806. The number of nitrogens with one attached hydrogen (secondary N) is 1. The molecule has 1 aliphatic carbocycles. The van der Waals surface area contributed by atoms with E-state index in [1.165, 1.54) is 0 Å². The highest BCUT2D eigenvalue weighted by Crippen LogP contribution is 2.28. The van der Waals surface area contributed by atoms with Crippen LogP contribution in [-0.4, -0.2) is 21.3 Å². The molecule has 0 radical (unpaired) electrons. The summed E-state index contributed by atoms with van der Waals surface area (Å²) in [6.07, 6.45) is 4.17. The van der Waals surface area contributed by atoms with Gasteiger partial charge < -0.3 is 9.72 Å². The van der Waals surface area contributed by atoms with Gasteiger partial charge in [-0.1, -0.05) is 6.07 Å². The maximum Gasteiger partial charge on any atom is 0.253 e. The molecular weight excluding hydrogens is 282 g/mol. The topological polar surface area (TPSA) is 46.4 Å². The number of rotatable bonds is 3. The van der Waals surface area contributed by atoms with Crippen LogP contribution in [0.3, 0.4) is 0 Å². The summed E-state index contributed by atoms with van der Waals surface area (Å²) in [6, 6.07) is 8.21. The predicted molar refractivity (Wildman–Crippen MR) is 83.7 cm³/mol. The van der Waals surface area contributed by atoms with Crippen LogP contribution in [0.2, 0.25) is 0 Å². The molecule has 1 fully saturated rings. The Morgan fingerprint density at radius 2 is 2.29 bits per heavy atom. The van der Waals surface area contributed by atoms with E-state index < -0.39 is 0 Å². The maximum atomic E-state index is 12.4. The van der Waals surface area contributed by atoms with Crippen molar-refractivity contribution in [3.63, 3.8) is 0 Å². The maximum absolute atomic E-state index is 12.4. The van der Waals surface area contributed by atoms with Gasteiger partial charge in [-0.3, -0.25) is 4.79 Å². The lowest BCUT2D eigenvalue weighted by Crippen LogP contribution is -2.25. The smallest absolute Gasteiger partial charge is 0.253 e. The van der Waals surface area contributed by atoms with E-state index in [0.717, 1.165) is 40.3 Å². The lowest BCUT2D eigenvalue weighted by molar-refractivity contribution is 0.0953. The average molecular weight is 297 g/mol. The van der Waals surface area contributed by atoms with Gasteiger partial charge in [-0.25, -0.2) is 4.98 Å². The summed E-state index contributed by atoms with van der Waals surface area (Å²) >= 11 is 1.62. The van der Waals surface area contributed by atoms with E-state index in [1.54, 1.807) is 11.3 Å². The second kappa shape index (κ2) is 4.70. The molecule has 4 nitrogen and oxygen atoms in total. The fourth-order valence-electron chi connectivity index (χ4n) is 2.50. The van der Waals surface area contributed by atoms with Crippen molar-refractivity contribution in [3.8, 4) is 11.4 Å². The molecular formula is C16H15N3OS. The van der Waals surface area contributed by atoms with E-state index in [9.17, 15) is 4.79 Å². The van der Waals surface area contributed by atoms with Crippen molar-refractivity contribution in [2.75, 3.05) is 0 Å². The summed E-state index contributed by atoms with van der Waals surface area (Å²) in [6.45, 7) is 1.99. The van der Waals surface area contributed by atoms with Crippen molar-refractivity contribution in [2.45, 2.75) is 25.8 Å². The standard InChI is InChI=1S/C16H15N3OS/c1-10-17-13(9-21-10)15-8-12(16(20)18-11-5-6-11)14-4-2-3-7-19(14)15/h2-4,7-9,11H,5-6H2,1H3,(H,18,20). The van der Waals surface area contributed by atoms with Gasteiger partial charge in [0.15, 0.2) is 0 Å². The summed E-state index contributed by atoms with van der Waals surface area (Å²) in [4.78, 5) is 17.0. The minimum absolute atomic E-state index is 0.0133. The molecule has 3 heterocycles. The van der Waals surface area contributed by atoms with Crippen molar-refractivity contribution in [1.29, 1.82) is 0 Å². The molecule has 106 valence electrons. The molecule has 0 saturated heterocycles. The molecule has 0 spiro atoms. The summed E-state index contributed by atoms with van der Waals surface area (Å²) in [5.74, 6) is 0.0133. The normalized spacial score (nSPS) is 14.5. The largest absolute Gasteiger partial charge is 0.349 e. The van der Waals surface area contributed by atoms with Gasteiger partial charge in [-0.15, -0.1) is 11.3 Å². The van der Waals surface area contributed by atoms with E-state index in [0.29, 0.717) is 6.04 Å². The third kappa shape index (κ3) is 2.23. The van der Waals surface area contributed by atoms with Crippen LogP contribution in [0.4, 0.5) is 0 Å². The highest BCUT2D eigenvalue weighted by molar-refractivity contribution is 7.09. The summed E-state index contributed by atoms with van der Waals surface area (Å²) in [5, 5.41) is 6.12. The summed E-state index contributed by atoms with van der Waals surface area (Å²) in [5.41, 5.74) is 3.54. The number of fused-ring (bicyclic) bond motifs is 1. The molecule has 1 aliphatic rings. The molecule has 21 heavy (non-hydrogen) atoms. The van der Waals surface area contributed by atoms with Crippen LogP contribution in [0.5, 0.6) is 0 Å². The van der Waals surface area contributed by atoms with Crippen LogP contribution in [0, 0.1) is 6.92 Å². The van der Waals surface area contributed by atoms with Crippen LogP contribution in [0.15, 0.2) is 35.8 Å². The number of amides is 1. The monoisotopic (exact) mass is 297 g/mol. The van der Waals surface area contributed by atoms with Crippen molar-refractivity contribution in [3.05, 3.63) is 46.4 Å². The van der Waals surface area contributed by atoms with Crippen LogP contribution in [0.1, 0.15) is 28.2 Å². The van der Waals surface area contributed by atoms with Gasteiger partial charge in [0.1, 0.15) is 0 Å². The molecule has 4 rings (SSSR count). The van der Waals surface area contributed by atoms with Gasteiger partial charge in [0.25, 0.3) is 5.91 Å². The second-order valence-electron chi connectivity index (χ2n) is 5.40. The van der Waals surface area contributed by atoms with Gasteiger partial charge in [-0.05, 0) is 38.0 Å². The van der Waals surface area contributed by atoms with Crippen molar-refractivity contribution < 1.29 is 4.79 Å². The van der Waals surface area contributed by atoms with Gasteiger partial charge in [0.2, 0.25) is 0 Å². The first-order valence-corrected chi connectivity index (χ1v) is 7.94. The Bertz CT molecular complexity index is 829. The van der Waals surface area contributed by atoms with Crippen molar-refractivity contribution in [2.24, 2.45) is 0 Å². The molecule has 0 aromatic carbocycles. The van der Waals surface area contributed by atoms with Crippen molar-refractivity contribution >= 4 is 22.8 Å². The molecule has 1 N–H and O–H groups in total. The lowest BCUT2D eigenvalue weighted by Gasteiger charge is -2.02. The fourth-order valence-corrected chi connectivity index (χ4v) is 3.11. The molecule has 0 bridgehead atoms. The van der Waals surface area contributed by atoms with Gasteiger partial charge in [-0.2, -0.15) is 0 Å². The summed E-state index contributed by atoms with van der Waals surface area (Å²) in [7, 11) is 0. The first kappa shape index (κ1) is 12.6. The fraction of sp³-hybridized carbons (Fsp3) is 0.250. The molecule has 3 aromatic rings. The van der Waals surface area contributed by atoms with E-state index in [1.807, 2.05) is 47.2 Å². The molecule has 0 aliphatic heterocycles. The van der Waals surface area contributed by atoms with Crippen LogP contribution < -0.4 is 5.32 Å². The van der Waals surface area contributed by atoms with Crippen LogP contribution >= 0.6 is 11.3 Å². The predicted octanol–water partition coefficient (Wildman–Crippen LogP) is 3.26. The number of carbonyl (C=O) groups excluding carboxylic acids is 1. The Labute approximate surface area is 126 Å². The number of hydrogen-bond acceptors (Lipinski definition) is 3. The average Bonchev–Trinajstić information content (AvgIpc) is 3.06. The Morgan fingerprint density at radius 3 is 3.00 bits per heavy atom. The zero-order valence-corrected chi connectivity index (χ0v) is 12.5. The molecule has 3 aromatic heterocycles. The van der Waals surface area contributed by atoms with Crippen LogP contribution in [-0.2, 0) is 0 Å². The zero-order chi connectivity index (χ0) is 14.4. The third-order valence-electron chi connectivity index (χ3n) is 3.72. The molecule has 0 unspecified atom stereocenters. The lowest BCUT2D eigenvalue weighted by atomic mass is 10.2. The molecule has 1 saturated carbocycles. The van der Waals surface area contributed by atoms with Crippen molar-refractivity contribution in [1.82, 2.24) is 14.7 Å². The second-order valence-corrected chi connectivity index (χ2v) is 6.46. The Balaban J connectivity index is 1.85. The Hall–Kier alpha value is -2.14. The molecule has 1 amide bonds. The first-order chi connectivity index (χ1) is 10.2. The van der Waals surface area contributed by atoms with Gasteiger partial charge in [0.05, 0.1) is 27.5 Å².